The van der Waals surface area contributed by atoms with E-state index in [4.69, 9.17) is 10.2 Å². The molecule has 0 bridgehead atoms. The maximum Gasteiger partial charge on any atom is 0.256 e. The van der Waals surface area contributed by atoms with Crippen LogP contribution in [0.1, 0.15) is 31.1 Å². The van der Waals surface area contributed by atoms with Crippen molar-refractivity contribution < 1.29 is 4.42 Å². The lowest BCUT2D eigenvalue weighted by atomic mass is 10.1. The Balaban J connectivity index is 2.61. The summed E-state index contributed by atoms with van der Waals surface area (Å²) >= 11 is 0. The predicted molar refractivity (Wildman–Crippen MR) is 65.8 cm³/mol. The summed E-state index contributed by atoms with van der Waals surface area (Å²) in [6, 6.07) is 1.75. The number of nitrogens with one attached hydrogen (secondary N) is 1. The Labute approximate surface area is 98.7 Å². The first-order chi connectivity index (χ1) is 8.00. The molecular formula is C12H15N3O2. The minimum absolute atomic E-state index is 0.0470. The lowest BCUT2D eigenvalue weighted by Gasteiger charge is -2.08. The fraction of sp³-hybridized carbons (Fsp3) is 0.333. The molecule has 0 saturated carbocycles. The molecule has 2 aromatic heterocycles. The number of aryl methyl sites for hydroxylation is 1. The van der Waals surface area contributed by atoms with Gasteiger partial charge in [-0.2, -0.15) is 0 Å². The molecule has 5 heteroatoms. The molecule has 0 saturated heterocycles. The van der Waals surface area contributed by atoms with Gasteiger partial charge in [0.1, 0.15) is 17.4 Å². The zero-order chi connectivity index (χ0) is 12.6. The number of hydrogen-bond donors (Lipinski definition) is 2. The highest BCUT2D eigenvalue weighted by molar-refractivity contribution is 5.59. The number of furan rings is 1. The Morgan fingerprint density at radius 3 is 2.65 bits per heavy atom. The number of hydrogen-bond acceptors (Lipinski definition) is 4. The fourth-order valence-electron chi connectivity index (χ4n) is 1.82. The van der Waals surface area contributed by atoms with E-state index < -0.39 is 0 Å². The standard InChI is InChI=1S/C12H15N3O2/c1-6(2)9-10(13)14-11(15-12(9)16)8-4-5-17-7(8)3/h4-6H,1-3H3,(H3,13,14,15,16). The smallest absolute Gasteiger partial charge is 0.256 e. The molecule has 0 spiro atoms. The SMILES string of the molecule is Cc1occc1-c1nc(N)c(C(C)C)c(=O)[nH]1. The molecule has 0 aliphatic heterocycles. The Morgan fingerprint density at radius 2 is 2.18 bits per heavy atom. The molecule has 0 unspecified atom stereocenters. The van der Waals surface area contributed by atoms with Crippen molar-refractivity contribution in [3.8, 4) is 11.4 Å². The first-order valence-electron chi connectivity index (χ1n) is 5.45. The topological polar surface area (TPSA) is 84.9 Å². The Kier molecular flexibility index (Phi) is 2.75. The van der Waals surface area contributed by atoms with Crippen LogP contribution >= 0.6 is 0 Å². The van der Waals surface area contributed by atoms with Gasteiger partial charge in [0.2, 0.25) is 0 Å². The molecule has 2 aromatic rings. The zero-order valence-electron chi connectivity index (χ0n) is 10.1. The third-order valence-electron chi connectivity index (χ3n) is 2.68. The van der Waals surface area contributed by atoms with Crippen molar-refractivity contribution in [2.75, 3.05) is 5.73 Å². The van der Waals surface area contributed by atoms with E-state index in [1.807, 2.05) is 20.8 Å². The first kappa shape index (κ1) is 11.4. The van der Waals surface area contributed by atoms with Crippen molar-refractivity contribution >= 4 is 5.82 Å². The zero-order valence-corrected chi connectivity index (χ0v) is 10.1. The summed E-state index contributed by atoms with van der Waals surface area (Å²) in [4.78, 5) is 18.9. The third kappa shape index (κ3) is 1.95. The van der Waals surface area contributed by atoms with Gasteiger partial charge in [0.05, 0.1) is 17.4 Å². The minimum Gasteiger partial charge on any atom is -0.469 e. The second-order valence-electron chi connectivity index (χ2n) is 4.26. The number of anilines is 1. The minimum atomic E-state index is -0.192. The highest BCUT2D eigenvalue weighted by Gasteiger charge is 2.14. The molecule has 2 rings (SSSR count). The van der Waals surface area contributed by atoms with Crippen LogP contribution in [0, 0.1) is 6.92 Å². The van der Waals surface area contributed by atoms with Crippen molar-refractivity contribution in [1.82, 2.24) is 9.97 Å². The van der Waals surface area contributed by atoms with Gasteiger partial charge < -0.3 is 15.1 Å². The van der Waals surface area contributed by atoms with E-state index in [0.717, 1.165) is 5.56 Å². The molecule has 2 heterocycles. The average Bonchev–Trinajstić information content (AvgIpc) is 2.62. The third-order valence-corrected chi connectivity index (χ3v) is 2.68. The van der Waals surface area contributed by atoms with Crippen molar-refractivity contribution in [1.29, 1.82) is 0 Å². The van der Waals surface area contributed by atoms with Crippen molar-refractivity contribution in [2.45, 2.75) is 26.7 Å². The number of rotatable bonds is 2. The highest BCUT2D eigenvalue weighted by Crippen LogP contribution is 2.22. The van der Waals surface area contributed by atoms with E-state index in [9.17, 15) is 4.79 Å². The van der Waals surface area contributed by atoms with Gasteiger partial charge in [-0.15, -0.1) is 0 Å². The molecule has 0 radical (unpaired) electrons. The van der Waals surface area contributed by atoms with Crippen LogP contribution < -0.4 is 11.3 Å². The first-order valence-corrected chi connectivity index (χ1v) is 5.45. The van der Waals surface area contributed by atoms with Gasteiger partial charge in [-0.25, -0.2) is 4.98 Å². The molecule has 0 aromatic carbocycles. The van der Waals surface area contributed by atoms with Gasteiger partial charge in [-0.3, -0.25) is 4.79 Å². The molecule has 90 valence electrons. The summed E-state index contributed by atoms with van der Waals surface area (Å²) in [6.07, 6.45) is 1.55. The number of nitrogen functional groups attached to an aromatic ring is 1. The molecule has 0 aliphatic carbocycles. The van der Waals surface area contributed by atoms with Gasteiger partial charge in [0, 0.05) is 0 Å². The molecular weight excluding hydrogens is 218 g/mol. The summed E-state index contributed by atoms with van der Waals surface area (Å²) < 4.78 is 5.17. The summed E-state index contributed by atoms with van der Waals surface area (Å²) in [5.41, 5.74) is 6.90. The molecule has 3 N–H and O–H groups in total. The summed E-state index contributed by atoms with van der Waals surface area (Å²) in [6.45, 7) is 5.62. The average molecular weight is 233 g/mol. The number of nitrogens with zero attached hydrogens (tertiary/aromatic N) is 1. The Hall–Kier alpha value is -2.04. The van der Waals surface area contributed by atoms with Gasteiger partial charge in [-0.05, 0) is 18.9 Å². The molecule has 0 aliphatic rings. The van der Waals surface area contributed by atoms with Crippen LogP contribution in [0.15, 0.2) is 21.5 Å². The summed E-state index contributed by atoms with van der Waals surface area (Å²) in [5, 5.41) is 0. The normalized spacial score (nSPS) is 11.1. The van der Waals surface area contributed by atoms with Crippen LogP contribution in [-0.4, -0.2) is 9.97 Å². The van der Waals surface area contributed by atoms with Gasteiger partial charge >= 0.3 is 0 Å². The van der Waals surface area contributed by atoms with Crippen molar-refractivity contribution in [2.24, 2.45) is 0 Å². The van der Waals surface area contributed by atoms with E-state index >= 15 is 0 Å². The Morgan fingerprint density at radius 1 is 1.47 bits per heavy atom. The molecule has 0 atom stereocenters. The fourth-order valence-corrected chi connectivity index (χ4v) is 1.82. The molecule has 5 nitrogen and oxygen atoms in total. The van der Waals surface area contributed by atoms with E-state index in [-0.39, 0.29) is 17.3 Å². The summed E-state index contributed by atoms with van der Waals surface area (Å²) in [7, 11) is 0. The highest BCUT2D eigenvalue weighted by atomic mass is 16.3. The van der Waals surface area contributed by atoms with E-state index in [0.29, 0.717) is 17.1 Å². The second-order valence-corrected chi connectivity index (χ2v) is 4.26. The predicted octanol–water partition coefficient (Wildman–Crippen LogP) is 2.04. The van der Waals surface area contributed by atoms with Gasteiger partial charge in [0.15, 0.2) is 0 Å². The van der Waals surface area contributed by atoms with Crippen LogP contribution in [-0.2, 0) is 0 Å². The van der Waals surface area contributed by atoms with Crippen LogP contribution in [0.4, 0.5) is 5.82 Å². The lowest BCUT2D eigenvalue weighted by molar-refractivity contribution is 0.535. The second kappa shape index (κ2) is 4.08. The molecule has 0 fully saturated rings. The number of nitrogens with two attached hydrogens (primary N) is 1. The van der Waals surface area contributed by atoms with Crippen LogP contribution in [0.25, 0.3) is 11.4 Å². The van der Waals surface area contributed by atoms with Gasteiger partial charge in [-0.1, -0.05) is 13.8 Å². The molecule has 17 heavy (non-hydrogen) atoms. The van der Waals surface area contributed by atoms with Crippen molar-refractivity contribution in [3.63, 3.8) is 0 Å². The number of aromatic nitrogens is 2. The van der Waals surface area contributed by atoms with Crippen LogP contribution in [0.5, 0.6) is 0 Å². The number of aromatic amines is 1. The monoisotopic (exact) mass is 233 g/mol. The van der Waals surface area contributed by atoms with E-state index in [2.05, 4.69) is 9.97 Å². The Bertz CT molecular complexity index is 596. The maximum absolute atomic E-state index is 11.9. The van der Waals surface area contributed by atoms with Crippen molar-refractivity contribution in [3.05, 3.63) is 34.0 Å². The number of H-pyrrole nitrogens is 1. The van der Waals surface area contributed by atoms with E-state index in [1.54, 1.807) is 12.3 Å². The largest absolute Gasteiger partial charge is 0.469 e. The van der Waals surface area contributed by atoms with E-state index in [1.165, 1.54) is 0 Å². The van der Waals surface area contributed by atoms with Crippen LogP contribution in [0.3, 0.4) is 0 Å². The molecule has 0 amide bonds. The quantitative estimate of drug-likeness (QED) is 0.831. The lowest BCUT2D eigenvalue weighted by Crippen LogP contribution is -2.19. The maximum atomic E-state index is 11.9. The van der Waals surface area contributed by atoms with Crippen LogP contribution in [0.2, 0.25) is 0 Å². The summed E-state index contributed by atoms with van der Waals surface area (Å²) in [5.74, 6) is 1.47. The van der Waals surface area contributed by atoms with Gasteiger partial charge in [0.25, 0.3) is 5.56 Å².